The van der Waals surface area contributed by atoms with Crippen LogP contribution in [0.25, 0.3) is 22.7 Å². The number of nitrogens with one attached hydrogen (secondary N) is 1. The van der Waals surface area contributed by atoms with Gasteiger partial charge in [0.05, 0.1) is 16.8 Å². The molecular formula is C20H17N3O2S. The van der Waals surface area contributed by atoms with E-state index in [1.165, 1.54) is 11.3 Å². The summed E-state index contributed by atoms with van der Waals surface area (Å²) >= 11 is 1.45. The maximum atomic E-state index is 12.3. The Balaban J connectivity index is 1.55. The van der Waals surface area contributed by atoms with Crippen LogP contribution in [0.15, 0.2) is 64.6 Å². The van der Waals surface area contributed by atoms with Crippen LogP contribution in [-0.4, -0.2) is 15.7 Å². The molecule has 4 rings (SSSR count). The molecule has 0 saturated carbocycles. The highest BCUT2D eigenvalue weighted by molar-refractivity contribution is 7.12. The number of aromatic nitrogens is 2. The Morgan fingerprint density at radius 1 is 1.19 bits per heavy atom. The monoisotopic (exact) mass is 363 g/mol. The second-order valence-electron chi connectivity index (χ2n) is 5.98. The Labute approximate surface area is 154 Å². The molecule has 1 amide bonds. The van der Waals surface area contributed by atoms with Gasteiger partial charge in [-0.2, -0.15) is 5.10 Å². The summed E-state index contributed by atoms with van der Waals surface area (Å²) in [6.45, 7) is 1.94. The van der Waals surface area contributed by atoms with Crippen LogP contribution in [0.2, 0.25) is 0 Å². The van der Waals surface area contributed by atoms with Crippen molar-refractivity contribution in [3.05, 3.63) is 70.6 Å². The molecule has 6 heteroatoms. The zero-order chi connectivity index (χ0) is 18.1. The lowest BCUT2D eigenvalue weighted by Crippen LogP contribution is -2.11. The van der Waals surface area contributed by atoms with Gasteiger partial charge in [0.15, 0.2) is 5.76 Å². The number of rotatable bonds is 4. The number of carbonyl (C=O) groups is 1. The number of benzene rings is 1. The summed E-state index contributed by atoms with van der Waals surface area (Å²) in [5, 5.41) is 9.36. The Bertz CT molecular complexity index is 1040. The van der Waals surface area contributed by atoms with Gasteiger partial charge in [-0.15, -0.1) is 11.3 Å². The predicted octanol–water partition coefficient (Wildman–Crippen LogP) is 4.97. The zero-order valence-electron chi connectivity index (χ0n) is 14.4. The Hall–Kier alpha value is -3.12. The lowest BCUT2D eigenvalue weighted by Gasteiger charge is -2.06. The van der Waals surface area contributed by atoms with E-state index in [-0.39, 0.29) is 5.91 Å². The molecular weight excluding hydrogens is 346 g/mol. The first-order valence-corrected chi connectivity index (χ1v) is 9.03. The molecule has 0 saturated heterocycles. The topological polar surface area (TPSA) is 60.1 Å². The maximum Gasteiger partial charge on any atom is 0.265 e. The van der Waals surface area contributed by atoms with E-state index in [4.69, 9.17) is 4.42 Å². The van der Waals surface area contributed by atoms with Crippen molar-refractivity contribution in [2.45, 2.75) is 6.92 Å². The van der Waals surface area contributed by atoms with E-state index in [1.54, 1.807) is 6.26 Å². The summed E-state index contributed by atoms with van der Waals surface area (Å²) in [6, 6.07) is 15.4. The van der Waals surface area contributed by atoms with Crippen molar-refractivity contribution in [3.63, 3.8) is 0 Å². The van der Waals surface area contributed by atoms with E-state index in [9.17, 15) is 4.79 Å². The highest BCUT2D eigenvalue weighted by Gasteiger charge is 2.13. The molecule has 0 aliphatic carbocycles. The van der Waals surface area contributed by atoms with E-state index in [2.05, 4.69) is 10.4 Å². The fourth-order valence-corrected chi connectivity index (χ4v) is 3.62. The molecule has 1 N–H and O–H groups in total. The number of thiophene rings is 1. The highest BCUT2D eigenvalue weighted by Crippen LogP contribution is 2.27. The summed E-state index contributed by atoms with van der Waals surface area (Å²) < 4.78 is 7.23. The molecule has 1 aromatic carbocycles. The number of amides is 1. The van der Waals surface area contributed by atoms with Gasteiger partial charge < -0.3 is 9.73 Å². The third-order valence-electron chi connectivity index (χ3n) is 4.16. The minimum absolute atomic E-state index is 0.0779. The Morgan fingerprint density at radius 2 is 2.00 bits per heavy atom. The van der Waals surface area contributed by atoms with Crippen molar-refractivity contribution >= 4 is 22.9 Å². The summed E-state index contributed by atoms with van der Waals surface area (Å²) in [6.07, 6.45) is 1.64. The first-order chi connectivity index (χ1) is 12.6. The smallest absolute Gasteiger partial charge is 0.265 e. The normalized spacial score (nSPS) is 10.8. The first kappa shape index (κ1) is 16.4. The van der Waals surface area contributed by atoms with Crippen LogP contribution in [0.4, 0.5) is 5.69 Å². The maximum absolute atomic E-state index is 12.3. The van der Waals surface area contributed by atoms with Gasteiger partial charge in [0.25, 0.3) is 5.91 Å². The number of aryl methyl sites for hydroxylation is 2. The van der Waals surface area contributed by atoms with Gasteiger partial charge in [0.2, 0.25) is 0 Å². The third kappa shape index (κ3) is 3.07. The van der Waals surface area contributed by atoms with Gasteiger partial charge >= 0.3 is 0 Å². The van der Waals surface area contributed by atoms with Crippen LogP contribution in [0.1, 0.15) is 15.2 Å². The summed E-state index contributed by atoms with van der Waals surface area (Å²) in [7, 11) is 1.90. The number of furan rings is 1. The molecule has 0 spiro atoms. The van der Waals surface area contributed by atoms with Crippen LogP contribution >= 0.6 is 11.3 Å². The van der Waals surface area contributed by atoms with Crippen molar-refractivity contribution in [1.82, 2.24) is 9.78 Å². The number of anilines is 1. The minimum atomic E-state index is -0.0779. The lowest BCUT2D eigenvalue weighted by molar-refractivity contribution is 0.103. The Kier molecular flexibility index (Phi) is 4.18. The van der Waals surface area contributed by atoms with Crippen molar-refractivity contribution in [3.8, 4) is 22.7 Å². The highest BCUT2D eigenvalue weighted by atomic mass is 32.1. The van der Waals surface area contributed by atoms with Gasteiger partial charge in [0.1, 0.15) is 5.69 Å². The average molecular weight is 363 g/mol. The largest absolute Gasteiger partial charge is 0.463 e. The molecule has 0 bridgehead atoms. The van der Waals surface area contributed by atoms with Crippen molar-refractivity contribution in [2.24, 2.45) is 7.05 Å². The number of carbonyl (C=O) groups excluding carboxylic acids is 1. The third-order valence-corrected chi connectivity index (χ3v) is 5.18. The lowest BCUT2D eigenvalue weighted by atomic mass is 10.1. The van der Waals surface area contributed by atoms with Crippen LogP contribution in [-0.2, 0) is 7.05 Å². The van der Waals surface area contributed by atoms with Crippen LogP contribution < -0.4 is 5.32 Å². The van der Waals surface area contributed by atoms with Gasteiger partial charge in [-0.3, -0.25) is 9.48 Å². The molecule has 3 aromatic heterocycles. The number of nitrogens with zero attached hydrogens (tertiary/aromatic N) is 2. The molecule has 0 aliphatic rings. The predicted molar refractivity (Wildman–Crippen MR) is 103 cm³/mol. The minimum Gasteiger partial charge on any atom is -0.463 e. The van der Waals surface area contributed by atoms with Crippen LogP contribution in [0, 0.1) is 6.92 Å². The van der Waals surface area contributed by atoms with Crippen LogP contribution in [0.5, 0.6) is 0 Å². The van der Waals surface area contributed by atoms with Gasteiger partial charge in [-0.1, -0.05) is 12.1 Å². The van der Waals surface area contributed by atoms with Crippen molar-refractivity contribution in [2.75, 3.05) is 5.32 Å². The molecule has 5 nitrogen and oxygen atoms in total. The number of hydrogen-bond acceptors (Lipinski definition) is 4. The standard InChI is InChI=1S/C20H17N3O2S/c1-13-9-11-26-19(13)20(24)21-15-7-5-14(6-8-15)17-12-16(22-23(17)2)18-4-3-10-25-18/h3-12H,1-2H3,(H,21,24). The summed E-state index contributed by atoms with van der Waals surface area (Å²) in [4.78, 5) is 13.1. The fraction of sp³-hybridized carbons (Fsp3) is 0.100. The van der Waals surface area contributed by atoms with E-state index < -0.39 is 0 Å². The molecule has 4 aromatic rings. The summed E-state index contributed by atoms with van der Waals surface area (Å²) in [5.41, 5.74) is 4.54. The second-order valence-corrected chi connectivity index (χ2v) is 6.90. The molecule has 0 atom stereocenters. The number of hydrogen-bond donors (Lipinski definition) is 1. The quantitative estimate of drug-likeness (QED) is 0.557. The molecule has 0 unspecified atom stereocenters. The van der Waals surface area contributed by atoms with Gasteiger partial charge in [0, 0.05) is 12.7 Å². The summed E-state index contributed by atoms with van der Waals surface area (Å²) in [5.74, 6) is 0.660. The molecule has 26 heavy (non-hydrogen) atoms. The fourth-order valence-electron chi connectivity index (χ4n) is 2.80. The van der Waals surface area contributed by atoms with E-state index in [0.717, 1.165) is 38.8 Å². The van der Waals surface area contributed by atoms with Crippen molar-refractivity contribution < 1.29 is 9.21 Å². The van der Waals surface area contributed by atoms with Gasteiger partial charge in [-0.25, -0.2) is 0 Å². The molecule has 0 aliphatic heterocycles. The average Bonchev–Trinajstić information content (AvgIpc) is 3.36. The SMILES string of the molecule is Cc1ccsc1C(=O)Nc1ccc(-c2cc(-c3ccco3)nn2C)cc1. The zero-order valence-corrected chi connectivity index (χ0v) is 15.2. The first-order valence-electron chi connectivity index (χ1n) is 8.15. The second kappa shape index (κ2) is 6.65. The molecule has 3 heterocycles. The van der Waals surface area contributed by atoms with Gasteiger partial charge in [-0.05, 0) is 59.8 Å². The van der Waals surface area contributed by atoms with E-state index >= 15 is 0 Å². The van der Waals surface area contributed by atoms with Crippen molar-refractivity contribution in [1.29, 1.82) is 0 Å². The van der Waals surface area contributed by atoms with E-state index in [1.807, 2.05) is 72.6 Å². The molecule has 130 valence electrons. The van der Waals surface area contributed by atoms with E-state index in [0.29, 0.717) is 0 Å². The molecule has 0 radical (unpaired) electrons. The molecule has 0 fully saturated rings. The Morgan fingerprint density at radius 3 is 2.65 bits per heavy atom. The van der Waals surface area contributed by atoms with Crippen LogP contribution in [0.3, 0.4) is 0 Å².